The van der Waals surface area contributed by atoms with E-state index < -0.39 is 0 Å². The fraction of sp³-hybridized carbons (Fsp3) is 0.357. The van der Waals surface area contributed by atoms with Crippen LogP contribution in [0.15, 0.2) is 41.2 Å². The van der Waals surface area contributed by atoms with Crippen molar-refractivity contribution in [1.29, 1.82) is 0 Å². The highest BCUT2D eigenvalue weighted by atomic mass is 32.1. The molecule has 0 aliphatic rings. The summed E-state index contributed by atoms with van der Waals surface area (Å²) in [6.45, 7) is 2.87. The molecule has 0 aliphatic carbocycles. The zero-order valence-electron chi connectivity index (χ0n) is 10.8. The molecule has 96 valence electrons. The topological polar surface area (TPSA) is 42.1 Å². The highest BCUT2D eigenvalue weighted by Gasteiger charge is 2.21. The maximum absolute atomic E-state index is 6.14. The van der Waals surface area contributed by atoms with Crippen molar-refractivity contribution in [2.45, 2.75) is 25.6 Å². The number of benzene rings is 1. The Kier molecular flexibility index (Phi) is 4.47. The largest absolute Gasteiger partial charge is 0.326 e. The van der Waals surface area contributed by atoms with Gasteiger partial charge in [-0.15, -0.1) is 11.3 Å². The van der Waals surface area contributed by atoms with Gasteiger partial charge in [-0.1, -0.05) is 30.3 Å². The SMILES string of the molecule is CC(N)C(c1ccccc1)N(C)Cc1cscn1. The summed E-state index contributed by atoms with van der Waals surface area (Å²) in [5.41, 5.74) is 10.4. The minimum absolute atomic E-state index is 0.0797. The van der Waals surface area contributed by atoms with Crippen LogP contribution in [0.4, 0.5) is 0 Å². The first kappa shape index (κ1) is 13.2. The lowest BCUT2D eigenvalue weighted by Crippen LogP contribution is -2.37. The van der Waals surface area contributed by atoms with Gasteiger partial charge in [-0.05, 0) is 19.5 Å². The Morgan fingerprint density at radius 2 is 2.06 bits per heavy atom. The standard InChI is InChI=1S/C14H19N3S/c1-11(15)14(12-6-4-3-5-7-12)17(2)8-13-9-18-10-16-13/h3-7,9-11,14H,8,15H2,1-2H3. The molecule has 0 amide bonds. The minimum Gasteiger partial charge on any atom is -0.326 e. The third-order valence-corrected chi connectivity index (χ3v) is 3.64. The molecule has 0 fully saturated rings. The Hall–Kier alpha value is -1.23. The van der Waals surface area contributed by atoms with Gasteiger partial charge in [0.05, 0.1) is 11.2 Å². The van der Waals surface area contributed by atoms with Crippen LogP contribution in [0.25, 0.3) is 0 Å². The molecule has 0 saturated heterocycles. The van der Waals surface area contributed by atoms with Crippen LogP contribution in [-0.4, -0.2) is 23.0 Å². The number of hydrogen-bond donors (Lipinski definition) is 1. The molecular formula is C14H19N3S. The number of rotatable bonds is 5. The van der Waals surface area contributed by atoms with Gasteiger partial charge in [0.25, 0.3) is 0 Å². The molecule has 18 heavy (non-hydrogen) atoms. The summed E-state index contributed by atoms with van der Waals surface area (Å²) in [6.07, 6.45) is 0. The van der Waals surface area contributed by atoms with Crippen molar-refractivity contribution in [3.63, 3.8) is 0 Å². The van der Waals surface area contributed by atoms with E-state index in [9.17, 15) is 0 Å². The molecule has 2 N–H and O–H groups in total. The van der Waals surface area contributed by atoms with Crippen molar-refractivity contribution >= 4 is 11.3 Å². The molecule has 0 bridgehead atoms. The van der Waals surface area contributed by atoms with Crippen molar-refractivity contribution in [1.82, 2.24) is 9.88 Å². The number of aromatic nitrogens is 1. The average Bonchev–Trinajstić information content (AvgIpc) is 2.83. The molecule has 2 aromatic rings. The summed E-state index contributed by atoms with van der Waals surface area (Å²) in [5.74, 6) is 0. The van der Waals surface area contributed by atoms with E-state index >= 15 is 0 Å². The van der Waals surface area contributed by atoms with E-state index in [1.165, 1.54) is 5.56 Å². The molecule has 2 unspecified atom stereocenters. The van der Waals surface area contributed by atoms with Gasteiger partial charge in [0.1, 0.15) is 0 Å². The zero-order chi connectivity index (χ0) is 13.0. The second kappa shape index (κ2) is 6.09. The van der Waals surface area contributed by atoms with Gasteiger partial charge in [0.2, 0.25) is 0 Å². The van der Waals surface area contributed by atoms with Crippen molar-refractivity contribution in [3.8, 4) is 0 Å². The quantitative estimate of drug-likeness (QED) is 0.899. The molecular weight excluding hydrogens is 242 g/mol. The first-order valence-electron chi connectivity index (χ1n) is 6.06. The smallest absolute Gasteiger partial charge is 0.0795 e. The number of nitrogens with two attached hydrogens (primary N) is 1. The second-order valence-electron chi connectivity index (χ2n) is 4.61. The monoisotopic (exact) mass is 261 g/mol. The van der Waals surface area contributed by atoms with E-state index in [4.69, 9.17) is 5.73 Å². The van der Waals surface area contributed by atoms with Gasteiger partial charge in [0.15, 0.2) is 0 Å². The van der Waals surface area contributed by atoms with Gasteiger partial charge < -0.3 is 5.73 Å². The van der Waals surface area contributed by atoms with Crippen LogP contribution in [-0.2, 0) is 6.54 Å². The first-order chi connectivity index (χ1) is 8.68. The lowest BCUT2D eigenvalue weighted by molar-refractivity contribution is 0.209. The zero-order valence-corrected chi connectivity index (χ0v) is 11.6. The van der Waals surface area contributed by atoms with Crippen molar-refractivity contribution in [3.05, 3.63) is 52.5 Å². The summed E-state index contributed by atoms with van der Waals surface area (Å²) in [4.78, 5) is 6.59. The third kappa shape index (κ3) is 3.16. The van der Waals surface area contributed by atoms with E-state index in [-0.39, 0.29) is 12.1 Å². The number of likely N-dealkylation sites (N-methyl/N-ethyl adjacent to an activating group) is 1. The van der Waals surface area contributed by atoms with Gasteiger partial charge in [-0.2, -0.15) is 0 Å². The average molecular weight is 261 g/mol. The van der Waals surface area contributed by atoms with E-state index in [0.717, 1.165) is 12.2 Å². The number of nitrogens with zero attached hydrogens (tertiary/aromatic N) is 2. The summed E-state index contributed by atoms with van der Waals surface area (Å²) in [7, 11) is 2.10. The molecule has 2 rings (SSSR count). The van der Waals surface area contributed by atoms with Crippen LogP contribution in [0.1, 0.15) is 24.2 Å². The van der Waals surface area contributed by atoms with E-state index in [1.54, 1.807) is 11.3 Å². The van der Waals surface area contributed by atoms with Crippen LogP contribution in [0.3, 0.4) is 0 Å². The lowest BCUT2D eigenvalue weighted by Gasteiger charge is -2.31. The molecule has 0 radical (unpaired) electrons. The molecule has 0 aliphatic heterocycles. The highest BCUT2D eigenvalue weighted by molar-refractivity contribution is 7.07. The molecule has 2 atom stereocenters. The Labute approximate surface area is 112 Å². The maximum atomic E-state index is 6.14. The predicted octanol–water partition coefficient (Wildman–Crippen LogP) is 2.66. The molecule has 1 aromatic heterocycles. The molecule has 1 heterocycles. The van der Waals surface area contributed by atoms with Crippen LogP contribution in [0.2, 0.25) is 0 Å². The maximum Gasteiger partial charge on any atom is 0.0795 e. The van der Waals surface area contributed by atoms with E-state index in [2.05, 4.69) is 53.5 Å². The highest BCUT2D eigenvalue weighted by Crippen LogP contribution is 2.23. The first-order valence-corrected chi connectivity index (χ1v) is 7.00. The molecule has 3 nitrogen and oxygen atoms in total. The normalized spacial score (nSPS) is 14.7. The van der Waals surface area contributed by atoms with E-state index in [1.807, 2.05) is 11.6 Å². The summed E-state index contributed by atoms with van der Waals surface area (Å²) in [5, 5.41) is 2.08. The Morgan fingerprint density at radius 3 is 2.61 bits per heavy atom. The fourth-order valence-corrected chi connectivity index (χ4v) is 2.83. The predicted molar refractivity (Wildman–Crippen MR) is 76.4 cm³/mol. The van der Waals surface area contributed by atoms with Gasteiger partial charge in [-0.3, -0.25) is 4.90 Å². The van der Waals surface area contributed by atoms with Crippen molar-refractivity contribution < 1.29 is 0 Å². The van der Waals surface area contributed by atoms with Crippen molar-refractivity contribution in [2.24, 2.45) is 5.73 Å². The van der Waals surface area contributed by atoms with Gasteiger partial charge >= 0.3 is 0 Å². The minimum atomic E-state index is 0.0797. The van der Waals surface area contributed by atoms with Crippen LogP contribution in [0, 0.1) is 0 Å². The third-order valence-electron chi connectivity index (χ3n) is 3.01. The summed E-state index contributed by atoms with van der Waals surface area (Å²) in [6, 6.07) is 10.7. The number of thiazole rings is 1. The number of hydrogen-bond acceptors (Lipinski definition) is 4. The Bertz CT molecular complexity index is 453. The van der Waals surface area contributed by atoms with E-state index in [0.29, 0.717) is 0 Å². The van der Waals surface area contributed by atoms with Crippen molar-refractivity contribution in [2.75, 3.05) is 7.05 Å². The lowest BCUT2D eigenvalue weighted by atomic mass is 9.99. The summed E-state index contributed by atoms with van der Waals surface area (Å²) >= 11 is 1.63. The van der Waals surface area contributed by atoms with Gasteiger partial charge in [-0.25, -0.2) is 4.98 Å². The molecule has 1 aromatic carbocycles. The summed E-state index contributed by atoms with van der Waals surface area (Å²) < 4.78 is 0. The van der Waals surface area contributed by atoms with Crippen LogP contribution >= 0.6 is 11.3 Å². The fourth-order valence-electron chi connectivity index (χ4n) is 2.28. The Morgan fingerprint density at radius 1 is 1.33 bits per heavy atom. The molecule has 0 spiro atoms. The second-order valence-corrected chi connectivity index (χ2v) is 5.33. The Balaban J connectivity index is 2.15. The van der Waals surface area contributed by atoms with Gasteiger partial charge in [0, 0.05) is 24.0 Å². The van der Waals surface area contributed by atoms with Crippen LogP contribution in [0.5, 0.6) is 0 Å². The van der Waals surface area contributed by atoms with Crippen LogP contribution < -0.4 is 5.73 Å². The molecule has 0 saturated carbocycles. The molecule has 4 heteroatoms.